The van der Waals surface area contributed by atoms with E-state index in [2.05, 4.69) is 51.6 Å². The number of carbonyl (C=O) groups excluding carboxylic acids is 1. The largest absolute Gasteiger partial charge is 0.377 e. The van der Waals surface area contributed by atoms with Crippen LogP contribution in [0.1, 0.15) is 47.9 Å². The maximum atomic E-state index is 13.1. The van der Waals surface area contributed by atoms with E-state index < -0.39 is 5.91 Å². The second-order valence-corrected chi connectivity index (χ2v) is 8.09. The summed E-state index contributed by atoms with van der Waals surface area (Å²) in [7, 11) is 0. The number of nitrogen functional groups attached to an aromatic ring is 1. The van der Waals surface area contributed by atoms with Crippen LogP contribution in [0, 0.1) is 0 Å². The highest BCUT2D eigenvalue weighted by atomic mass is 16.6. The Morgan fingerprint density at radius 3 is 2.71 bits per heavy atom. The van der Waals surface area contributed by atoms with Crippen LogP contribution < -0.4 is 15.8 Å². The SMILES string of the molecule is CC(=NNC(=O)c1n[nH][n+](-c2nonc2N)c1CN1CCCCC1)c1ccc(-n2cnnn2)cc1. The van der Waals surface area contributed by atoms with Crippen LogP contribution in [0.25, 0.3) is 11.5 Å². The summed E-state index contributed by atoms with van der Waals surface area (Å²) in [6.07, 6.45) is 4.90. The monoisotopic (exact) mass is 478 g/mol. The Labute approximate surface area is 198 Å². The van der Waals surface area contributed by atoms with Gasteiger partial charge in [0, 0.05) is 0 Å². The number of rotatable bonds is 7. The maximum Gasteiger partial charge on any atom is 0.377 e. The molecule has 180 valence electrons. The van der Waals surface area contributed by atoms with Crippen molar-refractivity contribution in [1.82, 2.24) is 51.2 Å². The number of tetrazole rings is 1. The Hall–Kier alpha value is -4.53. The smallest absolute Gasteiger partial charge is 0.375 e. The van der Waals surface area contributed by atoms with Gasteiger partial charge in [-0.2, -0.15) is 9.73 Å². The first-order valence-corrected chi connectivity index (χ1v) is 11.1. The van der Waals surface area contributed by atoms with Crippen LogP contribution >= 0.6 is 0 Å². The van der Waals surface area contributed by atoms with Crippen LogP contribution in [0.4, 0.5) is 5.82 Å². The zero-order chi connectivity index (χ0) is 24.2. The van der Waals surface area contributed by atoms with Gasteiger partial charge in [-0.05, 0) is 71.2 Å². The summed E-state index contributed by atoms with van der Waals surface area (Å²) in [5, 5.41) is 29.9. The summed E-state index contributed by atoms with van der Waals surface area (Å²) in [6.45, 7) is 4.13. The minimum atomic E-state index is -0.466. The maximum absolute atomic E-state index is 13.1. The number of benzene rings is 1. The van der Waals surface area contributed by atoms with Crippen molar-refractivity contribution in [3.8, 4) is 11.5 Å². The van der Waals surface area contributed by atoms with Crippen LogP contribution in [0.3, 0.4) is 0 Å². The van der Waals surface area contributed by atoms with Gasteiger partial charge in [-0.1, -0.05) is 18.6 Å². The second kappa shape index (κ2) is 9.76. The molecule has 4 N–H and O–H groups in total. The molecule has 4 heterocycles. The predicted octanol–water partition coefficient (Wildman–Crippen LogP) is -0.233. The number of aromatic nitrogens is 9. The summed E-state index contributed by atoms with van der Waals surface area (Å²) >= 11 is 0. The van der Waals surface area contributed by atoms with Gasteiger partial charge in [0.05, 0.1) is 17.9 Å². The van der Waals surface area contributed by atoms with E-state index in [-0.39, 0.29) is 17.3 Å². The van der Waals surface area contributed by atoms with Crippen molar-refractivity contribution < 1.29 is 14.1 Å². The number of anilines is 1. The van der Waals surface area contributed by atoms with Gasteiger partial charge in [0.1, 0.15) is 11.5 Å². The molecule has 3 aromatic heterocycles. The van der Waals surface area contributed by atoms with Crippen molar-refractivity contribution in [2.45, 2.75) is 32.7 Å². The highest BCUT2D eigenvalue weighted by molar-refractivity contribution is 6.00. The topological polar surface area (TPSA) is 186 Å². The van der Waals surface area contributed by atoms with E-state index in [1.165, 1.54) is 17.4 Å². The third kappa shape index (κ3) is 4.74. The first-order valence-electron chi connectivity index (χ1n) is 11.1. The zero-order valence-electron chi connectivity index (χ0n) is 19.0. The van der Waals surface area contributed by atoms with Crippen molar-refractivity contribution in [3.05, 3.63) is 47.5 Å². The highest BCUT2D eigenvalue weighted by Gasteiger charge is 2.31. The molecule has 0 radical (unpaired) electrons. The number of aromatic amines is 1. The van der Waals surface area contributed by atoms with Gasteiger partial charge >= 0.3 is 11.7 Å². The molecule has 15 nitrogen and oxygen atoms in total. The lowest BCUT2D eigenvalue weighted by molar-refractivity contribution is -0.671. The number of hydrogen-bond donors (Lipinski definition) is 3. The zero-order valence-corrected chi connectivity index (χ0v) is 19.0. The number of piperidine rings is 1. The number of likely N-dealkylation sites (tertiary alicyclic amines) is 1. The molecule has 1 aromatic carbocycles. The minimum Gasteiger partial charge on any atom is -0.375 e. The van der Waals surface area contributed by atoms with Crippen molar-refractivity contribution >= 4 is 17.4 Å². The predicted molar refractivity (Wildman–Crippen MR) is 120 cm³/mol. The molecule has 1 fully saturated rings. The fourth-order valence-electron chi connectivity index (χ4n) is 3.90. The molecule has 5 rings (SSSR count). The van der Waals surface area contributed by atoms with Crippen molar-refractivity contribution in [2.75, 3.05) is 18.8 Å². The van der Waals surface area contributed by atoms with Crippen molar-refractivity contribution in [2.24, 2.45) is 5.10 Å². The Kier molecular flexibility index (Phi) is 6.21. The van der Waals surface area contributed by atoms with Crippen molar-refractivity contribution in [3.63, 3.8) is 0 Å². The van der Waals surface area contributed by atoms with E-state index in [0.717, 1.165) is 37.2 Å². The molecule has 0 aliphatic carbocycles. The summed E-state index contributed by atoms with van der Waals surface area (Å²) in [5.74, 6) is -0.137. The number of carbonyl (C=O) groups is 1. The number of nitrogens with two attached hydrogens (primary N) is 1. The average Bonchev–Trinajstić information content (AvgIpc) is 3.65. The van der Waals surface area contributed by atoms with Gasteiger partial charge in [-0.3, -0.25) is 9.69 Å². The number of hydrogen-bond acceptors (Lipinski definition) is 11. The Bertz CT molecular complexity index is 1320. The quantitative estimate of drug-likeness (QED) is 0.182. The van der Waals surface area contributed by atoms with Crippen LogP contribution in [0.5, 0.6) is 0 Å². The summed E-state index contributed by atoms with van der Waals surface area (Å²) in [6, 6.07) is 7.45. The first kappa shape index (κ1) is 22.3. The molecule has 1 saturated heterocycles. The molecule has 15 heteroatoms. The minimum absolute atomic E-state index is 0.0875. The summed E-state index contributed by atoms with van der Waals surface area (Å²) in [4.78, 5) is 15.3. The van der Waals surface area contributed by atoms with Crippen LogP contribution in [-0.4, -0.2) is 70.4 Å². The standard InChI is InChI=1S/C20H23N13O2/c1-13(14-5-7-15(8-6-14)32-12-22-28-30-32)23-25-20(34)17-16(11-31-9-3-2-4-10-31)33(29-24-17)19-18(21)26-35-27-19/h5-8,12H,2-4,9-11H2,1H3,(H3,21,25,26,34)/p+1. The number of H-pyrrole nitrogens is 1. The molecule has 0 spiro atoms. The molecule has 0 unspecified atom stereocenters. The highest BCUT2D eigenvalue weighted by Crippen LogP contribution is 2.15. The molecule has 35 heavy (non-hydrogen) atoms. The summed E-state index contributed by atoms with van der Waals surface area (Å²) in [5.41, 5.74) is 11.5. The Morgan fingerprint density at radius 1 is 1.23 bits per heavy atom. The first-order chi connectivity index (χ1) is 17.1. The van der Waals surface area contributed by atoms with Crippen LogP contribution in [0.2, 0.25) is 0 Å². The van der Waals surface area contributed by atoms with Gasteiger partial charge in [0.2, 0.25) is 0 Å². The van der Waals surface area contributed by atoms with Gasteiger partial charge < -0.3 is 5.73 Å². The van der Waals surface area contributed by atoms with Gasteiger partial charge in [-0.25, -0.2) is 10.1 Å². The third-order valence-corrected chi connectivity index (χ3v) is 5.77. The molecule has 0 bridgehead atoms. The number of nitrogens with zero attached hydrogens (tertiary/aromatic N) is 10. The Morgan fingerprint density at radius 2 is 2.03 bits per heavy atom. The molecule has 1 aliphatic heterocycles. The molecule has 0 saturated carbocycles. The fourth-order valence-corrected chi connectivity index (χ4v) is 3.90. The molecule has 1 amide bonds. The number of nitrogens with one attached hydrogen (secondary N) is 2. The number of hydrazone groups is 1. The molecular weight excluding hydrogens is 454 g/mol. The van der Waals surface area contributed by atoms with E-state index in [1.54, 1.807) is 11.6 Å². The van der Waals surface area contributed by atoms with E-state index >= 15 is 0 Å². The van der Waals surface area contributed by atoms with E-state index in [4.69, 9.17) is 10.4 Å². The molecule has 0 atom stereocenters. The molecular formula is C20H24N13O2+. The molecule has 1 aliphatic rings. The lowest BCUT2D eigenvalue weighted by Gasteiger charge is -2.25. The fraction of sp³-hybridized carbons (Fsp3) is 0.350. The normalized spacial score (nSPS) is 14.8. The van der Waals surface area contributed by atoms with Gasteiger partial charge in [0.25, 0.3) is 11.5 Å². The van der Waals surface area contributed by atoms with E-state index in [9.17, 15) is 4.79 Å². The lowest BCUT2D eigenvalue weighted by atomic mass is 10.1. The number of amides is 1. The van der Waals surface area contributed by atoms with Crippen LogP contribution in [0.15, 0.2) is 40.3 Å². The van der Waals surface area contributed by atoms with E-state index in [1.807, 2.05) is 24.3 Å². The average molecular weight is 479 g/mol. The second-order valence-electron chi connectivity index (χ2n) is 8.09. The third-order valence-electron chi connectivity index (χ3n) is 5.77. The Balaban J connectivity index is 1.36. The van der Waals surface area contributed by atoms with Crippen molar-refractivity contribution in [1.29, 1.82) is 0 Å². The summed E-state index contributed by atoms with van der Waals surface area (Å²) < 4.78 is 7.80. The molecule has 4 aromatic rings. The lowest BCUT2D eigenvalue weighted by Crippen LogP contribution is -2.42. The van der Waals surface area contributed by atoms with Gasteiger partial charge in [0.15, 0.2) is 5.69 Å². The van der Waals surface area contributed by atoms with Crippen LogP contribution in [-0.2, 0) is 6.54 Å². The van der Waals surface area contributed by atoms with E-state index in [0.29, 0.717) is 18.0 Å². The van der Waals surface area contributed by atoms with Gasteiger partial charge in [-0.15, -0.1) is 15.0 Å².